The van der Waals surface area contributed by atoms with Gasteiger partial charge in [-0.25, -0.2) is 0 Å². The van der Waals surface area contributed by atoms with Crippen molar-refractivity contribution in [2.75, 3.05) is 27.2 Å². The maximum atomic E-state index is 12.0. The molecule has 5 heteroatoms. The summed E-state index contributed by atoms with van der Waals surface area (Å²) in [5.41, 5.74) is 0.641. The lowest BCUT2D eigenvalue weighted by molar-refractivity contribution is 0.0952. The van der Waals surface area contributed by atoms with E-state index < -0.39 is 0 Å². The summed E-state index contributed by atoms with van der Waals surface area (Å²) < 4.78 is 5.94. The van der Waals surface area contributed by atoms with Gasteiger partial charge in [-0.05, 0) is 74.4 Å². The van der Waals surface area contributed by atoms with Crippen LogP contribution >= 0.6 is 15.9 Å². The molecule has 21 heavy (non-hydrogen) atoms. The molecule has 0 aliphatic heterocycles. The second kappa shape index (κ2) is 9.05. The fourth-order valence-corrected chi connectivity index (χ4v) is 2.40. The van der Waals surface area contributed by atoms with Crippen molar-refractivity contribution < 1.29 is 9.53 Å². The molecule has 0 aliphatic carbocycles. The van der Waals surface area contributed by atoms with E-state index in [0.717, 1.165) is 29.6 Å². The van der Waals surface area contributed by atoms with E-state index in [1.165, 1.54) is 0 Å². The summed E-state index contributed by atoms with van der Waals surface area (Å²) in [6.07, 6.45) is 2.07. The molecule has 0 saturated carbocycles. The Morgan fingerprint density at radius 1 is 1.38 bits per heavy atom. The minimum absolute atomic E-state index is 0.0458. The average molecular weight is 357 g/mol. The number of rotatable bonds is 8. The second-order valence-electron chi connectivity index (χ2n) is 5.39. The van der Waals surface area contributed by atoms with Gasteiger partial charge in [0.05, 0.1) is 11.6 Å². The third kappa shape index (κ3) is 6.06. The zero-order valence-corrected chi connectivity index (χ0v) is 14.9. The first kappa shape index (κ1) is 18.0. The largest absolute Gasteiger partial charge is 0.496 e. The standard InChI is InChI=1S/C16H25BrN2O2/c1-12(2)19(3)10-6-5-9-18-16(20)13-7-8-15(21-4)14(17)11-13/h7-8,11-12H,5-6,9-10H2,1-4H3,(H,18,20). The normalized spacial score (nSPS) is 11.0. The quantitative estimate of drug-likeness (QED) is 0.726. The number of hydrogen-bond acceptors (Lipinski definition) is 3. The highest BCUT2D eigenvalue weighted by Crippen LogP contribution is 2.25. The van der Waals surface area contributed by atoms with Crippen molar-refractivity contribution in [3.8, 4) is 5.75 Å². The summed E-state index contributed by atoms with van der Waals surface area (Å²) in [4.78, 5) is 14.3. The number of hydrogen-bond donors (Lipinski definition) is 1. The smallest absolute Gasteiger partial charge is 0.251 e. The van der Waals surface area contributed by atoms with Crippen LogP contribution in [0.2, 0.25) is 0 Å². The first-order valence-electron chi connectivity index (χ1n) is 7.27. The van der Waals surface area contributed by atoms with Gasteiger partial charge in [0.2, 0.25) is 0 Å². The molecule has 1 aromatic carbocycles. The number of nitrogens with zero attached hydrogens (tertiary/aromatic N) is 1. The van der Waals surface area contributed by atoms with Crippen LogP contribution in [0, 0.1) is 0 Å². The van der Waals surface area contributed by atoms with Crippen molar-refractivity contribution in [1.29, 1.82) is 0 Å². The van der Waals surface area contributed by atoms with Crippen LogP contribution in [0.3, 0.4) is 0 Å². The number of carbonyl (C=O) groups excluding carboxylic acids is 1. The molecule has 0 atom stereocenters. The molecule has 4 nitrogen and oxygen atoms in total. The molecule has 1 amide bonds. The van der Waals surface area contributed by atoms with Gasteiger partial charge in [-0.15, -0.1) is 0 Å². The molecule has 118 valence electrons. The van der Waals surface area contributed by atoms with Crippen LogP contribution in [0.1, 0.15) is 37.0 Å². The SMILES string of the molecule is COc1ccc(C(=O)NCCCCN(C)C(C)C)cc1Br. The Morgan fingerprint density at radius 2 is 2.10 bits per heavy atom. The first-order chi connectivity index (χ1) is 9.95. The van der Waals surface area contributed by atoms with Gasteiger partial charge in [0.15, 0.2) is 0 Å². The van der Waals surface area contributed by atoms with Crippen molar-refractivity contribution in [1.82, 2.24) is 10.2 Å². The van der Waals surface area contributed by atoms with Crippen LogP contribution in [0.4, 0.5) is 0 Å². The molecule has 1 rings (SSSR count). The number of carbonyl (C=O) groups is 1. The molecule has 0 spiro atoms. The number of nitrogens with one attached hydrogen (secondary N) is 1. The van der Waals surface area contributed by atoms with Gasteiger partial charge in [-0.2, -0.15) is 0 Å². The summed E-state index contributed by atoms with van der Waals surface area (Å²) in [6, 6.07) is 5.90. The van der Waals surface area contributed by atoms with Crippen LogP contribution < -0.4 is 10.1 Å². The molecule has 0 radical (unpaired) electrons. The van der Waals surface area contributed by atoms with Gasteiger partial charge in [-0.3, -0.25) is 4.79 Å². The molecule has 0 aliphatic rings. The van der Waals surface area contributed by atoms with E-state index in [9.17, 15) is 4.79 Å². The van der Waals surface area contributed by atoms with Crippen molar-refractivity contribution in [2.24, 2.45) is 0 Å². The summed E-state index contributed by atoms with van der Waals surface area (Å²) in [5.74, 6) is 0.679. The lowest BCUT2D eigenvalue weighted by Gasteiger charge is -2.20. The molecular weight excluding hydrogens is 332 g/mol. The molecule has 0 saturated heterocycles. The lowest BCUT2D eigenvalue weighted by Crippen LogP contribution is -2.29. The Morgan fingerprint density at radius 3 is 2.67 bits per heavy atom. The number of unbranched alkanes of at least 4 members (excludes halogenated alkanes) is 1. The predicted molar refractivity (Wildman–Crippen MR) is 90.0 cm³/mol. The van der Waals surface area contributed by atoms with Crippen LogP contribution in [-0.2, 0) is 0 Å². The molecule has 1 N–H and O–H groups in total. The number of amides is 1. The Kier molecular flexibility index (Phi) is 7.75. The van der Waals surface area contributed by atoms with Gasteiger partial charge >= 0.3 is 0 Å². The fraction of sp³-hybridized carbons (Fsp3) is 0.562. The molecule has 0 bridgehead atoms. The van der Waals surface area contributed by atoms with Gasteiger partial charge in [0, 0.05) is 18.2 Å². The minimum atomic E-state index is -0.0458. The lowest BCUT2D eigenvalue weighted by atomic mass is 10.2. The van der Waals surface area contributed by atoms with Crippen LogP contribution in [0.15, 0.2) is 22.7 Å². The van der Waals surface area contributed by atoms with Crippen molar-refractivity contribution >= 4 is 21.8 Å². The highest BCUT2D eigenvalue weighted by atomic mass is 79.9. The summed E-state index contributed by atoms with van der Waals surface area (Å²) in [5, 5.41) is 2.95. The van der Waals surface area contributed by atoms with Crippen LogP contribution in [0.5, 0.6) is 5.75 Å². The zero-order chi connectivity index (χ0) is 15.8. The fourth-order valence-electron chi connectivity index (χ4n) is 1.86. The Balaban J connectivity index is 2.33. The van der Waals surface area contributed by atoms with E-state index in [-0.39, 0.29) is 5.91 Å². The second-order valence-corrected chi connectivity index (χ2v) is 6.24. The highest BCUT2D eigenvalue weighted by molar-refractivity contribution is 9.10. The third-order valence-electron chi connectivity index (χ3n) is 3.52. The highest BCUT2D eigenvalue weighted by Gasteiger charge is 2.08. The number of halogens is 1. The molecule has 0 fully saturated rings. The molecule has 0 heterocycles. The zero-order valence-electron chi connectivity index (χ0n) is 13.3. The minimum Gasteiger partial charge on any atom is -0.496 e. The summed E-state index contributed by atoms with van der Waals surface area (Å²) >= 11 is 3.39. The summed E-state index contributed by atoms with van der Waals surface area (Å²) in [7, 11) is 3.73. The Labute approximate surface area is 136 Å². The van der Waals surface area contributed by atoms with E-state index in [1.807, 2.05) is 0 Å². The third-order valence-corrected chi connectivity index (χ3v) is 4.14. The Bertz CT molecular complexity index is 464. The predicted octanol–water partition coefficient (Wildman–Crippen LogP) is 3.31. The molecule has 0 aromatic heterocycles. The molecule has 1 aromatic rings. The van der Waals surface area contributed by atoms with Crippen molar-refractivity contribution in [3.05, 3.63) is 28.2 Å². The van der Waals surface area contributed by atoms with E-state index in [1.54, 1.807) is 25.3 Å². The van der Waals surface area contributed by atoms with Gasteiger partial charge < -0.3 is 15.0 Å². The number of benzene rings is 1. The van der Waals surface area contributed by atoms with Gasteiger partial charge in [0.25, 0.3) is 5.91 Å². The number of ether oxygens (including phenoxy) is 1. The molecule has 0 unspecified atom stereocenters. The maximum absolute atomic E-state index is 12.0. The summed E-state index contributed by atoms with van der Waals surface area (Å²) in [6.45, 7) is 6.13. The molecular formula is C16H25BrN2O2. The van der Waals surface area contributed by atoms with E-state index in [0.29, 0.717) is 18.2 Å². The topological polar surface area (TPSA) is 41.6 Å². The van der Waals surface area contributed by atoms with Crippen LogP contribution in [0.25, 0.3) is 0 Å². The Hall–Kier alpha value is -1.07. The number of methoxy groups -OCH3 is 1. The maximum Gasteiger partial charge on any atom is 0.251 e. The van der Waals surface area contributed by atoms with Gasteiger partial charge in [-0.1, -0.05) is 0 Å². The van der Waals surface area contributed by atoms with Gasteiger partial charge in [0.1, 0.15) is 5.75 Å². The van der Waals surface area contributed by atoms with E-state index >= 15 is 0 Å². The van der Waals surface area contributed by atoms with Crippen molar-refractivity contribution in [3.63, 3.8) is 0 Å². The first-order valence-corrected chi connectivity index (χ1v) is 8.07. The van der Waals surface area contributed by atoms with Crippen LogP contribution in [-0.4, -0.2) is 44.1 Å². The van der Waals surface area contributed by atoms with E-state index in [4.69, 9.17) is 4.74 Å². The van der Waals surface area contributed by atoms with E-state index in [2.05, 4.69) is 47.0 Å². The average Bonchev–Trinajstić information content (AvgIpc) is 2.46. The van der Waals surface area contributed by atoms with Crippen molar-refractivity contribution in [2.45, 2.75) is 32.7 Å². The monoisotopic (exact) mass is 356 g/mol.